The average Bonchev–Trinajstić information content (AvgIpc) is 2.58. The highest BCUT2D eigenvalue weighted by Gasteiger charge is 2.58. The van der Waals surface area contributed by atoms with Crippen molar-refractivity contribution in [1.29, 1.82) is 0 Å². The van der Waals surface area contributed by atoms with Crippen molar-refractivity contribution in [3.8, 4) is 5.75 Å². The van der Waals surface area contributed by atoms with Crippen LogP contribution < -0.4 is 15.4 Å². The van der Waals surface area contributed by atoms with Crippen molar-refractivity contribution in [2.75, 3.05) is 13.7 Å². The molecule has 1 aliphatic rings. The van der Waals surface area contributed by atoms with Gasteiger partial charge in [-0.05, 0) is 24.6 Å². The van der Waals surface area contributed by atoms with E-state index >= 15 is 0 Å². The maximum atomic E-state index is 13.0. The summed E-state index contributed by atoms with van der Waals surface area (Å²) in [6.07, 6.45) is -5.86. The lowest BCUT2D eigenvalue weighted by Gasteiger charge is -2.28. The quantitative estimate of drug-likeness (QED) is 0.595. The molecule has 0 radical (unpaired) electrons. The Kier molecular flexibility index (Phi) is 5.62. The van der Waals surface area contributed by atoms with Crippen LogP contribution in [-0.2, 0) is 9.53 Å². The number of carbonyl (C=O) groups is 2. The van der Waals surface area contributed by atoms with Crippen LogP contribution in [0.25, 0.3) is 0 Å². The Morgan fingerprint density at radius 1 is 1.15 bits per heavy atom. The standard InChI is InChI=1S/C16H15F5N2O4/c1-8-11(13(24)27-7-15(17,18)16(19,20)21)12(23-14(25)22-8)9-3-5-10(26-2)6-4-9/h3-6,12H,7H2,1-2H3,(H2,22,23,25)/t12-/m0/s1. The third kappa shape index (κ3) is 4.47. The van der Waals surface area contributed by atoms with Crippen molar-refractivity contribution >= 4 is 12.0 Å². The molecule has 2 N–H and O–H groups in total. The molecule has 0 aliphatic carbocycles. The van der Waals surface area contributed by atoms with Gasteiger partial charge in [-0.2, -0.15) is 22.0 Å². The number of nitrogens with one attached hydrogen (secondary N) is 2. The van der Waals surface area contributed by atoms with Gasteiger partial charge in [0, 0.05) is 5.70 Å². The highest BCUT2D eigenvalue weighted by molar-refractivity contribution is 5.95. The molecule has 11 heteroatoms. The number of allylic oxidation sites excluding steroid dienone is 1. The molecular weight excluding hydrogens is 379 g/mol. The Labute approximate surface area is 150 Å². The summed E-state index contributed by atoms with van der Waals surface area (Å²) in [7, 11) is 1.43. The van der Waals surface area contributed by atoms with Crippen LogP contribution in [0.5, 0.6) is 5.75 Å². The fraction of sp³-hybridized carbons (Fsp3) is 0.375. The molecule has 0 saturated carbocycles. The van der Waals surface area contributed by atoms with Gasteiger partial charge in [0.05, 0.1) is 18.7 Å². The Bertz CT molecular complexity index is 759. The molecule has 0 fully saturated rings. The minimum Gasteiger partial charge on any atom is -0.497 e. The number of esters is 1. The average molecular weight is 394 g/mol. The SMILES string of the molecule is COc1ccc([C@@H]2NC(=O)NC(C)=C2C(=O)OCC(F)(F)C(F)(F)F)cc1. The maximum Gasteiger partial charge on any atom is 0.456 e. The van der Waals surface area contributed by atoms with Crippen molar-refractivity contribution in [3.05, 3.63) is 41.1 Å². The lowest BCUT2D eigenvalue weighted by Crippen LogP contribution is -2.46. The summed E-state index contributed by atoms with van der Waals surface area (Å²) in [6, 6.07) is 4.28. The van der Waals surface area contributed by atoms with Gasteiger partial charge in [-0.25, -0.2) is 9.59 Å². The molecule has 2 rings (SSSR count). The molecule has 148 valence electrons. The first-order chi connectivity index (χ1) is 12.5. The van der Waals surface area contributed by atoms with Crippen LogP contribution in [0.3, 0.4) is 0 Å². The molecule has 6 nitrogen and oxygen atoms in total. The number of amides is 2. The van der Waals surface area contributed by atoms with E-state index in [1.165, 1.54) is 38.3 Å². The number of rotatable bonds is 5. The van der Waals surface area contributed by atoms with E-state index in [0.29, 0.717) is 11.3 Å². The van der Waals surface area contributed by atoms with Crippen LogP contribution >= 0.6 is 0 Å². The molecule has 1 aromatic carbocycles. The predicted octanol–water partition coefficient (Wildman–Crippen LogP) is 3.06. The third-order valence-corrected chi connectivity index (χ3v) is 3.74. The van der Waals surface area contributed by atoms with Gasteiger partial charge in [-0.15, -0.1) is 0 Å². The van der Waals surface area contributed by atoms with Crippen molar-refractivity contribution < 1.29 is 41.0 Å². The number of hydrogen-bond donors (Lipinski definition) is 2. The van der Waals surface area contributed by atoms with Gasteiger partial charge in [0.2, 0.25) is 0 Å². The van der Waals surface area contributed by atoms with Crippen molar-refractivity contribution in [3.63, 3.8) is 0 Å². The van der Waals surface area contributed by atoms with E-state index in [9.17, 15) is 31.5 Å². The number of methoxy groups -OCH3 is 1. The summed E-state index contributed by atoms with van der Waals surface area (Å²) in [6.45, 7) is -0.872. The molecule has 2 amide bonds. The second kappa shape index (κ2) is 7.41. The summed E-state index contributed by atoms with van der Waals surface area (Å²) in [5.41, 5.74) is 0.0529. The van der Waals surface area contributed by atoms with E-state index in [1.807, 2.05) is 0 Å². The second-order valence-corrected chi connectivity index (χ2v) is 5.62. The Balaban J connectivity index is 2.28. The fourth-order valence-electron chi connectivity index (χ4n) is 2.33. The molecule has 1 atom stereocenters. The zero-order valence-electron chi connectivity index (χ0n) is 14.1. The van der Waals surface area contributed by atoms with Crippen LogP contribution in [0.1, 0.15) is 18.5 Å². The highest BCUT2D eigenvalue weighted by atomic mass is 19.4. The van der Waals surface area contributed by atoms with Crippen LogP contribution in [0.15, 0.2) is 35.5 Å². The first-order valence-electron chi connectivity index (χ1n) is 7.50. The number of benzene rings is 1. The monoisotopic (exact) mass is 394 g/mol. The van der Waals surface area contributed by atoms with E-state index in [-0.39, 0.29) is 11.3 Å². The number of hydrogen-bond acceptors (Lipinski definition) is 4. The largest absolute Gasteiger partial charge is 0.497 e. The molecule has 1 heterocycles. The van der Waals surface area contributed by atoms with Gasteiger partial charge in [0.15, 0.2) is 6.61 Å². The lowest BCUT2D eigenvalue weighted by atomic mass is 9.95. The van der Waals surface area contributed by atoms with Crippen molar-refractivity contribution in [1.82, 2.24) is 10.6 Å². The van der Waals surface area contributed by atoms with Crippen molar-refractivity contribution in [2.24, 2.45) is 0 Å². The summed E-state index contributed by atoms with van der Waals surface area (Å²) >= 11 is 0. The Hall–Kier alpha value is -2.85. The van der Waals surface area contributed by atoms with Gasteiger partial charge in [0.25, 0.3) is 0 Å². The summed E-state index contributed by atoms with van der Waals surface area (Å²) in [5.74, 6) is -6.13. The Morgan fingerprint density at radius 3 is 2.26 bits per heavy atom. The summed E-state index contributed by atoms with van der Waals surface area (Å²) < 4.78 is 71.9. The minimum atomic E-state index is -5.86. The highest BCUT2D eigenvalue weighted by Crippen LogP contribution is 2.36. The Morgan fingerprint density at radius 2 is 1.74 bits per heavy atom. The molecule has 0 saturated heterocycles. The number of carbonyl (C=O) groups excluding carboxylic acids is 2. The third-order valence-electron chi connectivity index (χ3n) is 3.74. The summed E-state index contributed by atoms with van der Waals surface area (Å²) in [4.78, 5) is 23.9. The first kappa shape index (κ1) is 20.5. The molecule has 1 aliphatic heterocycles. The van der Waals surface area contributed by atoms with Crippen LogP contribution in [-0.4, -0.2) is 37.8 Å². The van der Waals surface area contributed by atoms with Gasteiger partial charge < -0.3 is 20.1 Å². The number of ether oxygens (including phenoxy) is 2. The zero-order valence-corrected chi connectivity index (χ0v) is 14.1. The molecule has 0 spiro atoms. The molecular formula is C16H15F5N2O4. The van der Waals surface area contributed by atoms with Crippen LogP contribution in [0.2, 0.25) is 0 Å². The summed E-state index contributed by atoms with van der Waals surface area (Å²) in [5, 5.41) is 4.65. The van der Waals surface area contributed by atoms with Gasteiger partial charge in [-0.1, -0.05) is 12.1 Å². The number of alkyl halides is 5. The topological polar surface area (TPSA) is 76.7 Å². The van der Waals surface area contributed by atoms with Crippen LogP contribution in [0, 0.1) is 0 Å². The van der Waals surface area contributed by atoms with E-state index < -0.39 is 36.7 Å². The smallest absolute Gasteiger partial charge is 0.456 e. The molecule has 1 aromatic rings. The molecule has 27 heavy (non-hydrogen) atoms. The predicted molar refractivity (Wildman–Crippen MR) is 82.1 cm³/mol. The molecule has 0 aromatic heterocycles. The van der Waals surface area contributed by atoms with Gasteiger partial charge in [-0.3, -0.25) is 0 Å². The lowest BCUT2D eigenvalue weighted by molar-refractivity contribution is -0.293. The van der Waals surface area contributed by atoms with Gasteiger partial charge in [0.1, 0.15) is 5.75 Å². The maximum absolute atomic E-state index is 13.0. The zero-order chi connectivity index (χ0) is 20.4. The van der Waals surface area contributed by atoms with E-state index in [1.54, 1.807) is 0 Å². The normalized spacial score (nSPS) is 17.9. The number of halogens is 5. The fourth-order valence-corrected chi connectivity index (χ4v) is 2.33. The molecule has 0 bridgehead atoms. The van der Waals surface area contributed by atoms with E-state index in [2.05, 4.69) is 15.4 Å². The van der Waals surface area contributed by atoms with E-state index in [0.717, 1.165) is 0 Å². The number of urea groups is 1. The minimum absolute atomic E-state index is 0.0279. The van der Waals surface area contributed by atoms with E-state index in [4.69, 9.17) is 4.74 Å². The first-order valence-corrected chi connectivity index (χ1v) is 7.50. The van der Waals surface area contributed by atoms with Crippen LogP contribution in [0.4, 0.5) is 26.7 Å². The van der Waals surface area contributed by atoms with Crippen molar-refractivity contribution in [2.45, 2.75) is 25.1 Å². The molecule has 0 unspecified atom stereocenters. The second-order valence-electron chi connectivity index (χ2n) is 5.62. The van der Waals surface area contributed by atoms with Gasteiger partial charge >= 0.3 is 24.1 Å².